The van der Waals surface area contributed by atoms with Crippen LogP contribution in [0.2, 0.25) is 0 Å². The minimum absolute atomic E-state index is 0.0347. The van der Waals surface area contributed by atoms with Crippen molar-refractivity contribution < 1.29 is 4.79 Å². The van der Waals surface area contributed by atoms with Crippen LogP contribution in [-0.2, 0) is 11.3 Å². The number of hydrogen-bond acceptors (Lipinski definition) is 2. The van der Waals surface area contributed by atoms with Crippen LogP contribution in [0.25, 0.3) is 0 Å². The zero-order valence-corrected chi connectivity index (χ0v) is 13.8. The van der Waals surface area contributed by atoms with Crippen molar-refractivity contribution in [2.45, 2.75) is 38.6 Å². The first-order valence-corrected chi connectivity index (χ1v) is 7.47. The van der Waals surface area contributed by atoms with Crippen molar-refractivity contribution in [3.63, 3.8) is 0 Å². The fourth-order valence-electron chi connectivity index (χ4n) is 1.73. The van der Waals surface area contributed by atoms with Gasteiger partial charge in [0.05, 0.1) is 4.32 Å². The van der Waals surface area contributed by atoms with E-state index in [2.05, 4.69) is 46.1 Å². The molecule has 0 spiro atoms. The Labute approximate surface area is 124 Å². The van der Waals surface area contributed by atoms with Crippen LogP contribution in [0.3, 0.4) is 0 Å². The first-order chi connectivity index (χ1) is 8.86. The summed E-state index contributed by atoms with van der Waals surface area (Å²) in [7, 11) is 0. The monoisotopic (exact) mass is 326 g/mol. The second kappa shape index (κ2) is 7.06. The summed E-state index contributed by atoms with van der Waals surface area (Å²) in [6, 6.07) is 8.03. The SMILES string of the molecule is CCN(CC)Cc1cccc(NC(=O)C(C)(C)Br)c1. The number of benzene rings is 1. The van der Waals surface area contributed by atoms with Gasteiger partial charge in [-0.2, -0.15) is 0 Å². The molecule has 3 nitrogen and oxygen atoms in total. The Balaban J connectivity index is 2.75. The zero-order chi connectivity index (χ0) is 14.5. The van der Waals surface area contributed by atoms with Crippen molar-refractivity contribution in [3.05, 3.63) is 29.8 Å². The number of nitrogens with zero attached hydrogens (tertiary/aromatic N) is 1. The molecule has 0 bridgehead atoms. The Bertz CT molecular complexity index is 422. The minimum atomic E-state index is -0.554. The average Bonchev–Trinajstić information content (AvgIpc) is 2.35. The van der Waals surface area contributed by atoms with Gasteiger partial charge in [-0.05, 0) is 44.6 Å². The average molecular weight is 327 g/mol. The molecule has 0 fully saturated rings. The molecule has 1 aromatic rings. The quantitative estimate of drug-likeness (QED) is 0.809. The molecule has 0 aromatic heterocycles. The third-order valence-corrected chi connectivity index (χ3v) is 3.39. The van der Waals surface area contributed by atoms with Crippen molar-refractivity contribution >= 4 is 27.5 Å². The van der Waals surface area contributed by atoms with Crippen molar-refractivity contribution in [2.75, 3.05) is 18.4 Å². The summed E-state index contributed by atoms with van der Waals surface area (Å²) in [5.41, 5.74) is 2.07. The van der Waals surface area contributed by atoms with Gasteiger partial charge in [0.1, 0.15) is 0 Å². The Morgan fingerprint density at radius 3 is 2.47 bits per heavy atom. The summed E-state index contributed by atoms with van der Waals surface area (Å²) >= 11 is 3.36. The van der Waals surface area contributed by atoms with E-state index in [4.69, 9.17) is 0 Å². The number of halogens is 1. The summed E-state index contributed by atoms with van der Waals surface area (Å²) in [5, 5.41) is 2.93. The maximum atomic E-state index is 11.9. The Hall–Kier alpha value is -0.870. The second-order valence-corrected chi connectivity index (χ2v) is 7.07. The van der Waals surface area contributed by atoms with Gasteiger partial charge in [0.15, 0.2) is 0 Å². The number of hydrogen-bond donors (Lipinski definition) is 1. The van der Waals surface area contributed by atoms with E-state index in [0.29, 0.717) is 0 Å². The smallest absolute Gasteiger partial charge is 0.240 e. The van der Waals surface area contributed by atoms with Gasteiger partial charge in [-0.15, -0.1) is 0 Å². The maximum absolute atomic E-state index is 11.9. The summed E-state index contributed by atoms with van der Waals surface area (Å²) in [5.74, 6) is -0.0347. The predicted molar refractivity (Wildman–Crippen MR) is 84.7 cm³/mol. The lowest BCUT2D eigenvalue weighted by Gasteiger charge is -2.19. The number of carbonyl (C=O) groups is 1. The highest BCUT2D eigenvalue weighted by Gasteiger charge is 2.23. The zero-order valence-electron chi connectivity index (χ0n) is 12.2. The third-order valence-electron chi connectivity index (χ3n) is 3.03. The summed E-state index contributed by atoms with van der Waals surface area (Å²) in [6.07, 6.45) is 0. The van der Waals surface area contributed by atoms with E-state index >= 15 is 0 Å². The number of anilines is 1. The molecule has 1 N–H and O–H groups in total. The first-order valence-electron chi connectivity index (χ1n) is 6.68. The molecule has 0 aliphatic rings. The van der Waals surface area contributed by atoms with Gasteiger partial charge in [-0.3, -0.25) is 9.69 Å². The molecule has 0 radical (unpaired) electrons. The highest BCUT2D eigenvalue weighted by molar-refractivity contribution is 9.10. The van der Waals surface area contributed by atoms with Crippen LogP contribution in [0.15, 0.2) is 24.3 Å². The van der Waals surface area contributed by atoms with E-state index in [0.717, 1.165) is 25.3 Å². The lowest BCUT2D eigenvalue weighted by atomic mass is 10.1. The first kappa shape index (κ1) is 16.2. The van der Waals surface area contributed by atoms with Crippen LogP contribution in [0, 0.1) is 0 Å². The number of carbonyl (C=O) groups excluding carboxylic acids is 1. The van der Waals surface area contributed by atoms with Crippen LogP contribution in [0.4, 0.5) is 5.69 Å². The largest absolute Gasteiger partial charge is 0.325 e. The summed E-state index contributed by atoms with van der Waals surface area (Å²) < 4.78 is -0.554. The maximum Gasteiger partial charge on any atom is 0.240 e. The predicted octanol–water partition coefficient (Wildman–Crippen LogP) is 3.64. The van der Waals surface area contributed by atoms with Gasteiger partial charge < -0.3 is 5.32 Å². The fourth-order valence-corrected chi connectivity index (χ4v) is 1.83. The summed E-state index contributed by atoms with van der Waals surface area (Å²) in [6.45, 7) is 11.0. The van der Waals surface area contributed by atoms with Crippen LogP contribution in [0.5, 0.6) is 0 Å². The number of alkyl halides is 1. The highest BCUT2D eigenvalue weighted by Crippen LogP contribution is 2.20. The molecule has 4 heteroatoms. The van der Waals surface area contributed by atoms with Gasteiger partial charge in [0.2, 0.25) is 5.91 Å². The molecule has 1 rings (SSSR count). The van der Waals surface area contributed by atoms with E-state index in [1.165, 1.54) is 5.56 Å². The lowest BCUT2D eigenvalue weighted by Crippen LogP contribution is -2.31. The van der Waals surface area contributed by atoms with Crippen molar-refractivity contribution in [3.8, 4) is 0 Å². The van der Waals surface area contributed by atoms with Crippen LogP contribution < -0.4 is 5.32 Å². The minimum Gasteiger partial charge on any atom is -0.325 e. The fraction of sp³-hybridized carbons (Fsp3) is 0.533. The van der Waals surface area contributed by atoms with Crippen molar-refractivity contribution in [2.24, 2.45) is 0 Å². The molecule has 0 aliphatic carbocycles. The molecular weight excluding hydrogens is 304 g/mol. The van der Waals surface area contributed by atoms with Gasteiger partial charge in [0.25, 0.3) is 0 Å². The molecule has 0 aliphatic heterocycles. The molecule has 0 saturated heterocycles. The van der Waals surface area contributed by atoms with Gasteiger partial charge >= 0.3 is 0 Å². The molecule has 1 aromatic carbocycles. The number of rotatable bonds is 6. The van der Waals surface area contributed by atoms with E-state index in [1.54, 1.807) is 0 Å². The van der Waals surface area contributed by atoms with Crippen molar-refractivity contribution in [1.82, 2.24) is 4.90 Å². The van der Waals surface area contributed by atoms with E-state index in [-0.39, 0.29) is 5.91 Å². The molecule has 0 saturated carbocycles. The van der Waals surface area contributed by atoms with E-state index in [1.807, 2.05) is 32.0 Å². The molecule has 0 atom stereocenters. The van der Waals surface area contributed by atoms with Gasteiger partial charge in [-0.1, -0.05) is 41.9 Å². The van der Waals surface area contributed by atoms with Crippen molar-refractivity contribution in [1.29, 1.82) is 0 Å². The van der Waals surface area contributed by atoms with E-state index < -0.39 is 4.32 Å². The normalized spacial score (nSPS) is 11.7. The van der Waals surface area contributed by atoms with Gasteiger partial charge in [-0.25, -0.2) is 0 Å². The topological polar surface area (TPSA) is 32.3 Å². The second-order valence-electron chi connectivity index (χ2n) is 5.09. The Morgan fingerprint density at radius 1 is 1.32 bits per heavy atom. The number of nitrogens with one attached hydrogen (secondary N) is 1. The molecule has 106 valence electrons. The van der Waals surface area contributed by atoms with Crippen LogP contribution >= 0.6 is 15.9 Å². The molecular formula is C15H23BrN2O. The van der Waals surface area contributed by atoms with E-state index in [9.17, 15) is 4.79 Å². The Morgan fingerprint density at radius 2 is 1.95 bits per heavy atom. The number of amides is 1. The van der Waals surface area contributed by atoms with Gasteiger partial charge in [0, 0.05) is 12.2 Å². The molecule has 19 heavy (non-hydrogen) atoms. The third kappa shape index (κ3) is 5.33. The lowest BCUT2D eigenvalue weighted by molar-refractivity contribution is -0.117. The molecule has 1 amide bonds. The highest BCUT2D eigenvalue weighted by atomic mass is 79.9. The standard InChI is InChI=1S/C15H23BrN2O/c1-5-18(6-2)11-12-8-7-9-13(10-12)17-14(19)15(3,4)16/h7-10H,5-6,11H2,1-4H3,(H,17,19). The van der Waals surface area contributed by atoms with Crippen LogP contribution in [0.1, 0.15) is 33.3 Å². The molecule has 0 heterocycles. The Kier molecular flexibility index (Phi) is 6.01. The van der Waals surface area contributed by atoms with Crippen LogP contribution in [-0.4, -0.2) is 28.2 Å². The molecule has 0 unspecified atom stereocenters. The summed E-state index contributed by atoms with van der Waals surface area (Å²) in [4.78, 5) is 14.3.